The van der Waals surface area contributed by atoms with Gasteiger partial charge in [0.25, 0.3) is 0 Å². The van der Waals surface area contributed by atoms with Crippen LogP contribution in [0.4, 0.5) is 0 Å². The molecule has 0 spiro atoms. The van der Waals surface area contributed by atoms with Gasteiger partial charge < -0.3 is 0 Å². The van der Waals surface area contributed by atoms with Crippen LogP contribution in [0.1, 0.15) is 19.8 Å². The second-order valence-electron chi connectivity index (χ2n) is 4.98. The summed E-state index contributed by atoms with van der Waals surface area (Å²) in [5.41, 5.74) is 2.57. The number of carbonyl (C=O) groups excluding carboxylic acids is 2. The van der Waals surface area contributed by atoms with E-state index in [0.717, 1.165) is 11.1 Å². The Labute approximate surface area is 100 Å². The number of fused-ring (bicyclic) bond motifs is 1. The minimum absolute atomic E-state index is 0.133. The lowest BCUT2D eigenvalue weighted by Gasteiger charge is -2.29. The van der Waals surface area contributed by atoms with Crippen molar-refractivity contribution in [2.24, 2.45) is 11.8 Å². The fourth-order valence-electron chi connectivity index (χ4n) is 2.77. The van der Waals surface area contributed by atoms with Crippen molar-refractivity contribution in [1.82, 2.24) is 0 Å². The van der Waals surface area contributed by atoms with E-state index in [-0.39, 0.29) is 23.4 Å². The first-order valence-corrected chi connectivity index (χ1v) is 6.04. The molecule has 2 heteroatoms. The number of ketones is 2. The summed E-state index contributed by atoms with van der Waals surface area (Å²) >= 11 is 0. The van der Waals surface area contributed by atoms with Crippen LogP contribution in [0.25, 0.3) is 0 Å². The van der Waals surface area contributed by atoms with Crippen molar-refractivity contribution in [1.29, 1.82) is 0 Å². The monoisotopic (exact) mass is 226 g/mol. The molecule has 2 atom stereocenters. The quantitative estimate of drug-likeness (QED) is 0.636. The van der Waals surface area contributed by atoms with Gasteiger partial charge in [-0.25, -0.2) is 0 Å². The molecule has 86 valence electrons. The van der Waals surface area contributed by atoms with Crippen molar-refractivity contribution in [3.63, 3.8) is 0 Å². The standard InChI is InChI=1S/C15H14O2/c1-9-6-14(16)12-7-10-4-2-3-5-11(10)8-13(12)15(9)17/h2-5,8-10H,6-7H2,1H3. The Hall–Kier alpha value is -1.70. The number of Topliss-reactive ketones (excluding diaryl/α,β-unsaturated/α-hetero) is 2. The van der Waals surface area contributed by atoms with Crippen LogP contribution < -0.4 is 0 Å². The van der Waals surface area contributed by atoms with Crippen LogP contribution in [-0.4, -0.2) is 11.6 Å². The van der Waals surface area contributed by atoms with E-state index in [2.05, 4.69) is 6.08 Å². The second kappa shape index (κ2) is 3.66. The molecule has 0 saturated carbocycles. The van der Waals surface area contributed by atoms with Crippen LogP contribution in [0.5, 0.6) is 0 Å². The highest BCUT2D eigenvalue weighted by atomic mass is 16.1. The van der Waals surface area contributed by atoms with Crippen molar-refractivity contribution >= 4 is 11.6 Å². The zero-order valence-corrected chi connectivity index (χ0v) is 9.77. The first kappa shape index (κ1) is 10.5. The van der Waals surface area contributed by atoms with E-state index >= 15 is 0 Å². The van der Waals surface area contributed by atoms with Crippen molar-refractivity contribution in [3.05, 3.63) is 47.1 Å². The minimum Gasteiger partial charge on any atom is -0.295 e. The van der Waals surface area contributed by atoms with Gasteiger partial charge in [0, 0.05) is 29.4 Å². The third-order valence-electron chi connectivity index (χ3n) is 3.77. The molecule has 0 heterocycles. The summed E-state index contributed by atoms with van der Waals surface area (Å²) in [4.78, 5) is 24.1. The van der Waals surface area contributed by atoms with Crippen LogP contribution >= 0.6 is 0 Å². The number of carbonyl (C=O) groups is 2. The normalized spacial score (nSPS) is 31.2. The highest BCUT2D eigenvalue weighted by Gasteiger charge is 2.35. The minimum atomic E-state index is -0.155. The summed E-state index contributed by atoms with van der Waals surface area (Å²) in [6, 6.07) is 0. The topological polar surface area (TPSA) is 34.1 Å². The Bertz CT molecular complexity index is 529. The molecule has 0 N–H and O–H groups in total. The smallest absolute Gasteiger partial charge is 0.166 e. The third kappa shape index (κ3) is 1.55. The molecule has 0 aliphatic heterocycles. The van der Waals surface area contributed by atoms with Gasteiger partial charge in [0.1, 0.15) is 0 Å². The average molecular weight is 226 g/mol. The molecule has 0 aromatic rings. The van der Waals surface area contributed by atoms with Gasteiger partial charge in [0.05, 0.1) is 0 Å². The first-order chi connectivity index (χ1) is 8.16. The molecular weight excluding hydrogens is 212 g/mol. The molecule has 0 amide bonds. The van der Waals surface area contributed by atoms with Crippen LogP contribution in [0, 0.1) is 11.8 Å². The largest absolute Gasteiger partial charge is 0.295 e. The number of allylic oxidation sites excluding steroid dienone is 8. The Morgan fingerprint density at radius 1 is 1.18 bits per heavy atom. The van der Waals surface area contributed by atoms with Crippen LogP contribution in [-0.2, 0) is 9.59 Å². The van der Waals surface area contributed by atoms with E-state index in [4.69, 9.17) is 0 Å². The highest BCUT2D eigenvalue weighted by molar-refractivity contribution is 6.14. The van der Waals surface area contributed by atoms with E-state index < -0.39 is 0 Å². The van der Waals surface area contributed by atoms with Gasteiger partial charge >= 0.3 is 0 Å². The molecular formula is C15H14O2. The van der Waals surface area contributed by atoms with Gasteiger partial charge in [0.2, 0.25) is 0 Å². The fourth-order valence-corrected chi connectivity index (χ4v) is 2.77. The third-order valence-corrected chi connectivity index (χ3v) is 3.77. The highest BCUT2D eigenvalue weighted by Crippen LogP contribution is 2.38. The van der Waals surface area contributed by atoms with E-state index in [1.54, 1.807) is 0 Å². The summed E-state index contributed by atoms with van der Waals surface area (Å²) in [5.74, 6) is 0.417. The lowest BCUT2D eigenvalue weighted by atomic mass is 9.73. The molecule has 3 aliphatic carbocycles. The van der Waals surface area contributed by atoms with Crippen LogP contribution in [0.2, 0.25) is 0 Å². The van der Waals surface area contributed by atoms with Gasteiger partial charge in [-0.1, -0.05) is 31.2 Å². The molecule has 0 radical (unpaired) electrons. The molecule has 3 rings (SSSR count). The van der Waals surface area contributed by atoms with Crippen molar-refractivity contribution in [2.45, 2.75) is 19.8 Å². The fraction of sp³-hybridized carbons (Fsp3) is 0.333. The number of rotatable bonds is 0. The molecule has 17 heavy (non-hydrogen) atoms. The summed E-state index contributed by atoms with van der Waals surface area (Å²) in [5, 5.41) is 0. The van der Waals surface area contributed by atoms with Crippen LogP contribution in [0.15, 0.2) is 47.1 Å². The maximum absolute atomic E-state index is 12.1. The zero-order chi connectivity index (χ0) is 12.0. The van der Waals surface area contributed by atoms with Gasteiger partial charge in [0.15, 0.2) is 11.6 Å². The lowest BCUT2D eigenvalue weighted by Crippen LogP contribution is -2.29. The number of hydrogen-bond donors (Lipinski definition) is 0. The van der Waals surface area contributed by atoms with E-state index in [0.29, 0.717) is 18.4 Å². The van der Waals surface area contributed by atoms with Gasteiger partial charge in [-0.2, -0.15) is 0 Å². The molecule has 0 saturated heterocycles. The molecule has 2 unspecified atom stereocenters. The van der Waals surface area contributed by atoms with Gasteiger partial charge in [-0.15, -0.1) is 0 Å². The molecule has 0 aromatic heterocycles. The van der Waals surface area contributed by atoms with Crippen molar-refractivity contribution in [3.8, 4) is 0 Å². The lowest BCUT2D eigenvalue weighted by molar-refractivity contribution is -0.125. The number of hydrogen-bond acceptors (Lipinski definition) is 2. The summed E-state index contributed by atoms with van der Waals surface area (Å²) in [7, 11) is 0. The predicted molar refractivity (Wildman–Crippen MR) is 65.3 cm³/mol. The zero-order valence-electron chi connectivity index (χ0n) is 9.77. The SMILES string of the molecule is CC1CC(=O)C2=C(C=C3C=CC=CC3C2)C1=O. The predicted octanol–water partition coefficient (Wildman–Crippen LogP) is 2.53. The average Bonchev–Trinajstić information content (AvgIpc) is 2.34. The molecule has 3 aliphatic rings. The molecule has 0 bridgehead atoms. The van der Waals surface area contributed by atoms with Crippen molar-refractivity contribution < 1.29 is 9.59 Å². The summed E-state index contributed by atoms with van der Waals surface area (Å²) < 4.78 is 0. The van der Waals surface area contributed by atoms with E-state index in [1.165, 1.54) is 0 Å². The second-order valence-corrected chi connectivity index (χ2v) is 4.98. The summed E-state index contributed by atoms with van der Waals surface area (Å²) in [6.07, 6.45) is 11.1. The Morgan fingerprint density at radius 2 is 2.00 bits per heavy atom. The maximum Gasteiger partial charge on any atom is 0.166 e. The Balaban J connectivity index is 2.09. The Kier molecular flexibility index (Phi) is 2.25. The molecule has 2 nitrogen and oxygen atoms in total. The van der Waals surface area contributed by atoms with E-state index in [1.807, 2.05) is 31.2 Å². The van der Waals surface area contributed by atoms with Gasteiger partial charge in [-0.05, 0) is 18.1 Å². The maximum atomic E-state index is 12.1. The molecule has 0 aromatic carbocycles. The van der Waals surface area contributed by atoms with Crippen molar-refractivity contribution in [2.75, 3.05) is 0 Å². The first-order valence-electron chi connectivity index (χ1n) is 6.04. The van der Waals surface area contributed by atoms with E-state index in [9.17, 15) is 9.59 Å². The summed E-state index contributed by atoms with van der Waals surface area (Å²) in [6.45, 7) is 1.84. The Morgan fingerprint density at radius 3 is 2.82 bits per heavy atom. The molecule has 0 fully saturated rings. The van der Waals surface area contributed by atoms with Crippen LogP contribution in [0.3, 0.4) is 0 Å². The van der Waals surface area contributed by atoms with Gasteiger partial charge in [-0.3, -0.25) is 9.59 Å².